The molecule has 1 aliphatic rings. The van der Waals surface area contributed by atoms with Crippen molar-refractivity contribution >= 4 is 33.4 Å². The standard InChI is InChI=1S/C22H22BrClN4O2/c23-18-5-1-3-16(11-18)21-26-20(30-27-21)14-28-10-2-4-17(13-28)22(29)25-12-15-6-8-19(24)9-7-15/h1,3,5-9,11,17H,2,4,10,12-14H2,(H,25,29). The molecule has 1 amide bonds. The smallest absolute Gasteiger partial charge is 0.241 e. The number of nitrogens with zero attached hydrogens (tertiary/aromatic N) is 3. The number of aromatic nitrogens is 2. The minimum atomic E-state index is -0.0430. The number of nitrogens with one attached hydrogen (secondary N) is 1. The summed E-state index contributed by atoms with van der Waals surface area (Å²) in [4.78, 5) is 19.4. The van der Waals surface area contributed by atoms with Gasteiger partial charge in [0, 0.05) is 28.1 Å². The molecule has 1 aromatic heterocycles. The largest absolute Gasteiger partial charge is 0.352 e. The molecule has 156 valence electrons. The third kappa shape index (κ3) is 5.47. The van der Waals surface area contributed by atoms with Crippen molar-refractivity contribution in [2.24, 2.45) is 5.92 Å². The van der Waals surface area contributed by atoms with E-state index in [9.17, 15) is 4.79 Å². The van der Waals surface area contributed by atoms with Gasteiger partial charge in [-0.15, -0.1) is 0 Å². The van der Waals surface area contributed by atoms with Crippen molar-refractivity contribution in [2.75, 3.05) is 13.1 Å². The van der Waals surface area contributed by atoms with Crippen LogP contribution in [0.5, 0.6) is 0 Å². The van der Waals surface area contributed by atoms with Gasteiger partial charge in [-0.25, -0.2) is 0 Å². The molecule has 4 rings (SSSR count). The number of benzene rings is 2. The van der Waals surface area contributed by atoms with Gasteiger partial charge in [0.05, 0.1) is 12.5 Å². The van der Waals surface area contributed by atoms with E-state index in [1.165, 1.54) is 0 Å². The second kappa shape index (κ2) is 9.73. The Hall–Kier alpha value is -2.22. The fourth-order valence-corrected chi connectivity index (χ4v) is 4.13. The lowest BCUT2D eigenvalue weighted by molar-refractivity contribution is -0.127. The second-order valence-corrected chi connectivity index (χ2v) is 8.79. The lowest BCUT2D eigenvalue weighted by Gasteiger charge is -2.30. The van der Waals surface area contributed by atoms with Crippen molar-refractivity contribution in [2.45, 2.75) is 25.9 Å². The van der Waals surface area contributed by atoms with Gasteiger partial charge in [0.1, 0.15) is 0 Å². The zero-order valence-electron chi connectivity index (χ0n) is 16.4. The second-order valence-electron chi connectivity index (χ2n) is 7.44. The van der Waals surface area contributed by atoms with Gasteiger partial charge in [0.15, 0.2) is 0 Å². The van der Waals surface area contributed by atoms with E-state index in [1.54, 1.807) is 0 Å². The topological polar surface area (TPSA) is 71.3 Å². The number of halogens is 2. The third-order valence-corrected chi connectivity index (χ3v) is 5.91. The SMILES string of the molecule is O=C(NCc1ccc(Cl)cc1)C1CCCN(Cc2nc(-c3cccc(Br)c3)no2)C1. The Kier molecular flexibility index (Phi) is 6.82. The lowest BCUT2D eigenvalue weighted by Crippen LogP contribution is -2.42. The maximum atomic E-state index is 12.6. The first-order valence-corrected chi connectivity index (χ1v) is 11.1. The van der Waals surface area contributed by atoms with Gasteiger partial charge in [-0.1, -0.05) is 57.0 Å². The van der Waals surface area contributed by atoms with Crippen molar-refractivity contribution in [3.05, 3.63) is 69.5 Å². The molecule has 0 saturated carbocycles. The molecule has 0 aliphatic carbocycles. The summed E-state index contributed by atoms with van der Waals surface area (Å²) in [6, 6.07) is 15.3. The molecule has 30 heavy (non-hydrogen) atoms. The van der Waals surface area contributed by atoms with Crippen molar-refractivity contribution in [3.63, 3.8) is 0 Å². The normalized spacial score (nSPS) is 17.1. The zero-order valence-corrected chi connectivity index (χ0v) is 18.7. The van der Waals surface area contributed by atoms with Crippen LogP contribution >= 0.6 is 27.5 Å². The summed E-state index contributed by atoms with van der Waals surface area (Å²) in [5.41, 5.74) is 1.93. The average Bonchev–Trinajstić information content (AvgIpc) is 3.22. The van der Waals surface area contributed by atoms with E-state index in [1.807, 2.05) is 48.5 Å². The number of amides is 1. The molecular formula is C22H22BrClN4O2. The van der Waals surface area contributed by atoms with Gasteiger partial charge in [-0.05, 0) is 49.2 Å². The fraction of sp³-hybridized carbons (Fsp3) is 0.318. The summed E-state index contributed by atoms with van der Waals surface area (Å²) in [5.74, 6) is 1.17. The number of hydrogen-bond donors (Lipinski definition) is 1. The number of piperidine rings is 1. The molecule has 2 aromatic carbocycles. The molecule has 1 aliphatic heterocycles. The zero-order chi connectivity index (χ0) is 20.9. The maximum absolute atomic E-state index is 12.6. The highest BCUT2D eigenvalue weighted by molar-refractivity contribution is 9.10. The number of likely N-dealkylation sites (tertiary alicyclic amines) is 1. The Morgan fingerprint density at radius 2 is 2.10 bits per heavy atom. The molecule has 3 aromatic rings. The van der Waals surface area contributed by atoms with Crippen LogP contribution in [0.3, 0.4) is 0 Å². The van der Waals surface area contributed by atoms with E-state index in [0.717, 1.165) is 35.0 Å². The van der Waals surface area contributed by atoms with Gasteiger partial charge in [-0.2, -0.15) is 4.98 Å². The van der Waals surface area contributed by atoms with Gasteiger partial charge < -0.3 is 9.84 Å². The minimum Gasteiger partial charge on any atom is -0.352 e. The van der Waals surface area contributed by atoms with Crippen LogP contribution in [0.1, 0.15) is 24.3 Å². The van der Waals surface area contributed by atoms with Crippen molar-refractivity contribution < 1.29 is 9.32 Å². The highest BCUT2D eigenvalue weighted by Crippen LogP contribution is 2.22. The summed E-state index contributed by atoms with van der Waals surface area (Å²) >= 11 is 9.37. The van der Waals surface area contributed by atoms with Crippen LogP contribution in [0.15, 0.2) is 57.5 Å². The minimum absolute atomic E-state index is 0.0430. The molecule has 6 nitrogen and oxygen atoms in total. The Bertz CT molecular complexity index is 1010. The first kappa shape index (κ1) is 21.0. The van der Waals surface area contributed by atoms with Crippen LogP contribution in [0.25, 0.3) is 11.4 Å². The van der Waals surface area contributed by atoms with E-state index in [0.29, 0.717) is 36.4 Å². The molecule has 1 N–H and O–H groups in total. The van der Waals surface area contributed by atoms with Crippen molar-refractivity contribution in [1.29, 1.82) is 0 Å². The lowest BCUT2D eigenvalue weighted by atomic mass is 9.97. The molecule has 1 fully saturated rings. The predicted octanol–water partition coefficient (Wildman–Crippen LogP) is 4.68. The predicted molar refractivity (Wildman–Crippen MR) is 119 cm³/mol. The molecule has 1 saturated heterocycles. The van der Waals surface area contributed by atoms with Gasteiger partial charge in [0.2, 0.25) is 17.6 Å². The summed E-state index contributed by atoms with van der Waals surface area (Å²) in [6.45, 7) is 2.64. The molecule has 8 heteroatoms. The van der Waals surface area contributed by atoms with Crippen LogP contribution in [-0.4, -0.2) is 34.0 Å². The Labute approximate surface area is 188 Å². The van der Waals surface area contributed by atoms with E-state index in [2.05, 4.69) is 36.3 Å². The maximum Gasteiger partial charge on any atom is 0.241 e. The number of carbonyl (C=O) groups is 1. The molecular weight excluding hydrogens is 468 g/mol. The molecule has 0 spiro atoms. The summed E-state index contributed by atoms with van der Waals surface area (Å²) in [6.07, 6.45) is 1.85. The Morgan fingerprint density at radius 3 is 2.90 bits per heavy atom. The van der Waals surface area contributed by atoms with Gasteiger partial charge in [0.25, 0.3) is 0 Å². The summed E-state index contributed by atoms with van der Waals surface area (Å²) < 4.78 is 6.41. The Morgan fingerprint density at radius 1 is 1.27 bits per heavy atom. The van der Waals surface area contributed by atoms with Crippen LogP contribution in [0.4, 0.5) is 0 Å². The van der Waals surface area contributed by atoms with Crippen LogP contribution < -0.4 is 5.32 Å². The van der Waals surface area contributed by atoms with E-state index in [4.69, 9.17) is 16.1 Å². The Balaban J connectivity index is 1.31. The number of rotatable bonds is 6. The van der Waals surface area contributed by atoms with Crippen LogP contribution in [0, 0.1) is 5.92 Å². The van der Waals surface area contributed by atoms with Crippen molar-refractivity contribution in [1.82, 2.24) is 20.4 Å². The highest BCUT2D eigenvalue weighted by Gasteiger charge is 2.26. The highest BCUT2D eigenvalue weighted by atomic mass is 79.9. The third-order valence-electron chi connectivity index (χ3n) is 5.17. The quantitative estimate of drug-likeness (QED) is 0.544. The van der Waals surface area contributed by atoms with Gasteiger partial charge >= 0.3 is 0 Å². The van der Waals surface area contributed by atoms with E-state index in [-0.39, 0.29) is 11.8 Å². The van der Waals surface area contributed by atoms with E-state index >= 15 is 0 Å². The molecule has 0 bridgehead atoms. The van der Waals surface area contributed by atoms with Crippen LogP contribution in [-0.2, 0) is 17.9 Å². The fourth-order valence-electron chi connectivity index (χ4n) is 3.60. The monoisotopic (exact) mass is 488 g/mol. The number of carbonyl (C=O) groups excluding carboxylic acids is 1. The summed E-state index contributed by atoms with van der Waals surface area (Å²) in [5, 5.41) is 7.82. The van der Waals surface area contributed by atoms with Gasteiger partial charge in [-0.3, -0.25) is 9.69 Å². The van der Waals surface area contributed by atoms with Crippen LogP contribution in [0.2, 0.25) is 5.02 Å². The number of hydrogen-bond acceptors (Lipinski definition) is 5. The summed E-state index contributed by atoms with van der Waals surface area (Å²) in [7, 11) is 0. The molecule has 1 unspecified atom stereocenters. The van der Waals surface area contributed by atoms with E-state index < -0.39 is 0 Å². The van der Waals surface area contributed by atoms with Crippen molar-refractivity contribution in [3.8, 4) is 11.4 Å². The molecule has 1 atom stereocenters. The molecule has 2 heterocycles. The molecule has 0 radical (unpaired) electrons. The average molecular weight is 490 g/mol. The first-order chi connectivity index (χ1) is 14.6. The first-order valence-electron chi connectivity index (χ1n) is 9.90.